The zero-order valence-electron chi connectivity index (χ0n) is 6.51. The highest BCUT2D eigenvalue weighted by Gasteiger charge is 2.12. The molecule has 0 spiro atoms. The predicted octanol–water partition coefficient (Wildman–Crippen LogP) is 4.72. The average Bonchev–Trinajstić information content (AvgIpc) is 2.08. The Morgan fingerprint density at radius 1 is 0.583 bits per heavy atom. The summed E-state index contributed by atoms with van der Waals surface area (Å²) in [5.74, 6) is 0. The van der Waals surface area contributed by atoms with E-state index in [4.69, 9.17) is 0 Å². The van der Waals surface area contributed by atoms with E-state index >= 15 is 0 Å². The Hall–Kier alpha value is 2.14. The van der Waals surface area contributed by atoms with Crippen molar-refractivity contribution in [1.82, 2.24) is 0 Å². The zero-order valence-corrected chi connectivity index (χ0v) is 15.1. The quantitative estimate of drug-likeness (QED) is 0.295. The number of halogens is 4. The Balaban J connectivity index is 3.60. The number of benzene rings is 1. The van der Waals surface area contributed by atoms with Gasteiger partial charge in [-0.25, -0.2) is 0 Å². The normalized spacial score (nSPS) is 10.5. The van der Waals surface area contributed by atoms with Crippen LogP contribution < -0.4 is 0 Å². The van der Waals surface area contributed by atoms with Crippen LogP contribution in [0.3, 0.4) is 0 Å². The molecule has 0 amide bonds. The topological polar surface area (TPSA) is 0 Å². The molecule has 4 heteroatoms. The molecule has 0 atom stereocenters. The van der Waals surface area contributed by atoms with Gasteiger partial charge in [0.15, 0.2) is 0 Å². The molecule has 0 aliphatic heterocycles. The van der Waals surface area contributed by atoms with Crippen LogP contribution in [0.2, 0.25) is 0 Å². The van der Waals surface area contributed by atoms with E-state index in [1.54, 1.807) is 0 Å². The fourth-order valence-electron chi connectivity index (χ4n) is 0.851. The molecule has 12 heavy (non-hydrogen) atoms. The molecular formula is C8H6I4. The molecule has 0 aromatic heterocycles. The van der Waals surface area contributed by atoms with E-state index in [9.17, 15) is 0 Å². The molecule has 0 heterocycles. The molecule has 1 aromatic carbocycles. The highest BCUT2D eigenvalue weighted by atomic mass is 127. The smallest absolute Gasteiger partial charge is 0.0307 e. The van der Waals surface area contributed by atoms with Crippen molar-refractivity contribution >= 4 is 90.4 Å². The number of rotatable bonds is 0. The van der Waals surface area contributed by atoms with Crippen LogP contribution in [0.4, 0.5) is 0 Å². The summed E-state index contributed by atoms with van der Waals surface area (Å²) in [5.41, 5.74) is 2.83. The van der Waals surface area contributed by atoms with E-state index in [0.717, 1.165) is 0 Å². The highest BCUT2D eigenvalue weighted by Crippen LogP contribution is 2.31. The lowest BCUT2D eigenvalue weighted by molar-refractivity contribution is 1.27. The summed E-state index contributed by atoms with van der Waals surface area (Å²) >= 11 is 9.68. The molecule has 0 saturated heterocycles. The second-order valence-corrected chi connectivity index (χ2v) is 6.82. The second-order valence-electron chi connectivity index (χ2n) is 2.51. The predicted molar refractivity (Wildman–Crippen MR) is 86.8 cm³/mol. The van der Waals surface area contributed by atoms with Gasteiger partial charge in [0.2, 0.25) is 0 Å². The molecule has 0 saturated carbocycles. The zero-order chi connectivity index (χ0) is 9.46. The molecule has 0 N–H and O–H groups in total. The third-order valence-electron chi connectivity index (χ3n) is 1.70. The van der Waals surface area contributed by atoms with Gasteiger partial charge in [0.05, 0.1) is 0 Å². The first kappa shape index (κ1) is 12.2. The van der Waals surface area contributed by atoms with Crippen LogP contribution in [0.15, 0.2) is 0 Å². The van der Waals surface area contributed by atoms with E-state index in [1.165, 1.54) is 25.4 Å². The third-order valence-corrected chi connectivity index (χ3v) is 9.16. The first-order valence-electron chi connectivity index (χ1n) is 3.26. The van der Waals surface area contributed by atoms with Gasteiger partial charge in [0.25, 0.3) is 0 Å². The molecule has 0 radical (unpaired) electrons. The van der Waals surface area contributed by atoms with Gasteiger partial charge in [0.1, 0.15) is 0 Å². The molecule has 0 nitrogen and oxygen atoms in total. The molecule has 0 unspecified atom stereocenters. The lowest BCUT2D eigenvalue weighted by Gasteiger charge is -2.10. The molecule has 1 aromatic rings. The maximum Gasteiger partial charge on any atom is 0.0307 e. The first-order chi connectivity index (χ1) is 5.46. The van der Waals surface area contributed by atoms with Crippen LogP contribution in [0.25, 0.3) is 0 Å². The van der Waals surface area contributed by atoms with Gasteiger partial charge in [-0.2, -0.15) is 0 Å². The van der Waals surface area contributed by atoms with Gasteiger partial charge in [-0.05, 0) is 115 Å². The van der Waals surface area contributed by atoms with E-state index in [1.807, 2.05) is 0 Å². The lowest BCUT2D eigenvalue weighted by Crippen LogP contribution is -1.98. The Morgan fingerprint density at radius 2 is 0.750 bits per heavy atom. The van der Waals surface area contributed by atoms with Crippen molar-refractivity contribution in [2.75, 3.05) is 0 Å². The van der Waals surface area contributed by atoms with E-state index in [-0.39, 0.29) is 0 Å². The molecule has 0 aliphatic carbocycles. The Labute approximate surface area is 127 Å². The molecule has 66 valence electrons. The summed E-state index contributed by atoms with van der Waals surface area (Å²) in [4.78, 5) is 0. The Morgan fingerprint density at radius 3 is 0.917 bits per heavy atom. The van der Waals surface area contributed by atoms with Crippen molar-refractivity contribution in [2.45, 2.75) is 13.8 Å². The van der Waals surface area contributed by atoms with Crippen molar-refractivity contribution in [1.29, 1.82) is 0 Å². The fourth-order valence-corrected chi connectivity index (χ4v) is 4.58. The molecule has 0 fully saturated rings. The minimum absolute atomic E-state index is 1.40. The monoisotopic (exact) mass is 610 g/mol. The first-order valence-corrected chi connectivity index (χ1v) is 7.57. The van der Waals surface area contributed by atoms with Gasteiger partial charge >= 0.3 is 0 Å². The molecular weight excluding hydrogens is 604 g/mol. The van der Waals surface area contributed by atoms with Gasteiger partial charge < -0.3 is 0 Å². The van der Waals surface area contributed by atoms with Gasteiger partial charge in [-0.1, -0.05) is 0 Å². The van der Waals surface area contributed by atoms with Crippen LogP contribution in [0.1, 0.15) is 11.1 Å². The van der Waals surface area contributed by atoms with Crippen LogP contribution >= 0.6 is 90.4 Å². The molecule has 1 rings (SSSR count). The number of hydrogen-bond donors (Lipinski definition) is 0. The van der Waals surface area contributed by atoms with Crippen LogP contribution in [-0.2, 0) is 0 Å². The lowest BCUT2D eigenvalue weighted by atomic mass is 10.2. The van der Waals surface area contributed by atoms with Crippen LogP contribution in [0, 0.1) is 28.1 Å². The Bertz CT molecular complexity index is 225. The summed E-state index contributed by atoms with van der Waals surface area (Å²) < 4.78 is 5.59. The van der Waals surface area contributed by atoms with Gasteiger partial charge in [-0.3, -0.25) is 0 Å². The molecule has 0 aliphatic rings. The highest BCUT2D eigenvalue weighted by molar-refractivity contribution is 14.1. The third kappa shape index (κ3) is 2.20. The number of hydrogen-bond acceptors (Lipinski definition) is 0. The summed E-state index contributed by atoms with van der Waals surface area (Å²) in [5, 5.41) is 0. The van der Waals surface area contributed by atoms with Crippen molar-refractivity contribution in [3.8, 4) is 0 Å². The molecule has 0 bridgehead atoms. The van der Waals surface area contributed by atoms with E-state index in [0.29, 0.717) is 0 Å². The summed E-state index contributed by atoms with van der Waals surface area (Å²) in [6.07, 6.45) is 0. The standard InChI is InChI=1S/C8H6I4/c1-3-5(9)7(11)4(2)8(12)6(3)10/h1-2H3. The summed E-state index contributed by atoms with van der Waals surface area (Å²) in [6.45, 7) is 4.38. The van der Waals surface area contributed by atoms with Crippen molar-refractivity contribution in [3.05, 3.63) is 25.4 Å². The van der Waals surface area contributed by atoms with Crippen LogP contribution in [-0.4, -0.2) is 0 Å². The summed E-state index contributed by atoms with van der Waals surface area (Å²) in [7, 11) is 0. The maximum absolute atomic E-state index is 2.42. The summed E-state index contributed by atoms with van der Waals surface area (Å²) in [6, 6.07) is 0. The van der Waals surface area contributed by atoms with Crippen molar-refractivity contribution in [3.63, 3.8) is 0 Å². The largest absolute Gasteiger partial charge is 0.0428 e. The minimum atomic E-state index is 1.40. The van der Waals surface area contributed by atoms with Crippen LogP contribution in [0.5, 0.6) is 0 Å². The van der Waals surface area contributed by atoms with Gasteiger partial charge in [0, 0.05) is 14.3 Å². The van der Waals surface area contributed by atoms with Crippen molar-refractivity contribution in [2.24, 2.45) is 0 Å². The fraction of sp³-hybridized carbons (Fsp3) is 0.250. The van der Waals surface area contributed by atoms with Gasteiger partial charge in [-0.15, -0.1) is 0 Å². The van der Waals surface area contributed by atoms with E-state index < -0.39 is 0 Å². The maximum atomic E-state index is 2.42. The average molecular weight is 610 g/mol. The Kier molecular flexibility index (Phi) is 4.86. The van der Waals surface area contributed by atoms with Crippen molar-refractivity contribution < 1.29 is 0 Å². The second kappa shape index (κ2) is 4.77. The SMILES string of the molecule is Cc1c(I)c(I)c(C)c(I)c1I. The van der Waals surface area contributed by atoms with E-state index in [2.05, 4.69) is 104 Å². The minimum Gasteiger partial charge on any atom is -0.0428 e.